The van der Waals surface area contributed by atoms with Gasteiger partial charge in [-0.1, -0.05) is 121 Å². The summed E-state index contributed by atoms with van der Waals surface area (Å²) in [6.45, 7) is 0. The standard InChI is InChI=1S/C44H27N3S/c1-3-12-29(13-4-1)35-27-36(46-44(45-35)31-14-5-2-6-15-31)30-19-22-32(23-20-30)47-37-24-21-28-11-7-8-16-33(28)41(37)43-38(47)25-26-40-42(43)34-17-9-10-18-39(34)48-40/h1-27H. The molecule has 0 spiro atoms. The molecule has 0 radical (unpaired) electrons. The summed E-state index contributed by atoms with van der Waals surface area (Å²) in [5.41, 5.74) is 8.46. The summed E-state index contributed by atoms with van der Waals surface area (Å²) in [6, 6.07) is 58.2. The van der Waals surface area contributed by atoms with Gasteiger partial charge in [0.05, 0.1) is 22.4 Å². The number of aromatic nitrogens is 3. The summed E-state index contributed by atoms with van der Waals surface area (Å²) in [6.07, 6.45) is 0. The SMILES string of the molecule is c1ccc(-c2cc(-c3ccc(-n4c5ccc6ccccc6c5c5c6c(ccc54)sc4ccccc46)cc3)nc(-c3ccccc3)n2)cc1. The van der Waals surface area contributed by atoms with Crippen LogP contribution >= 0.6 is 11.3 Å². The van der Waals surface area contributed by atoms with Crippen LogP contribution in [0.4, 0.5) is 0 Å². The van der Waals surface area contributed by atoms with Gasteiger partial charge >= 0.3 is 0 Å². The van der Waals surface area contributed by atoms with Crippen LogP contribution in [0.25, 0.3) is 92.3 Å². The van der Waals surface area contributed by atoms with E-state index in [9.17, 15) is 0 Å². The molecule has 0 atom stereocenters. The Morgan fingerprint density at radius 3 is 1.79 bits per heavy atom. The molecule has 7 aromatic carbocycles. The largest absolute Gasteiger partial charge is 0.309 e. The van der Waals surface area contributed by atoms with Crippen LogP contribution < -0.4 is 0 Å². The van der Waals surface area contributed by atoms with Crippen molar-refractivity contribution in [2.75, 3.05) is 0 Å². The lowest BCUT2D eigenvalue weighted by molar-refractivity contribution is 1.17. The molecule has 3 nitrogen and oxygen atoms in total. The van der Waals surface area contributed by atoms with E-state index in [1.54, 1.807) is 0 Å². The monoisotopic (exact) mass is 629 g/mol. The molecule has 0 aliphatic rings. The van der Waals surface area contributed by atoms with E-state index in [1.807, 2.05) is 35.6 Å². The Morgan fingerprint density at radius 2 is 1.02 bits per heavy atom. The van der Waals surface area contributed by atoms with Crippen LogP contribution in [-0.4, -0.2) is 14.5 Å². The highest BCUT2D eigenvalue weighted by Crippen LogP contribution is 2.45. The zero-order valence-corrected chi connectivity index (χ0v) is 26.7. The van der Waals surface area contributed by atoms with Gasteiger partial charge in [0.1, 0.15) is 0 Å². The predicted octanol–water partition coefficient (Wildman–Crippen LogP) is 12.1. The van der Waals surface area contributed by atoms with Gasteiger partial charge in [-0.3, -0.25) is 0 Å². The van der Waals surface area contributed by atoms with Crippen molar-refractivity contribution in [2.24, 2.45) is 0 Å². The molecule has 0 saturated carbocycles. The Morgan fingerprint density at radius 1 is 0.417 bits per heavy atom. The van der Waals surface area contributed by atoms with E-state index in [-0.39, 0.29) is 0 Å². The fraction of sp³-hybridized carbons (Fsp3) is 0. The van der Waals surface area contributed by atoms with Crippen LogP contribution in [0.5, 0.6) is 0 Å². The molecule has 0 fully saturated rings. The number of benzene rings is 7. The average molecular weight is 630 g/mol. The molecule has 0 N–H and O–H groups in total. The maximum atomic E-state index is 5.07. The van der Waals surface area contributed by atoms with Crippen molar-refractivity contribution >= 4 is 64.1 Å². The molecular formula is C44H27N3S. The first-order chi connectivity index (χ1) is 23.8. The number of rotatable bonds is 4. The Bertz CT molecular complexity index is 2760. The third kappa shape index (κ3) is 4.20. The minimum absolute atomic E-state index is 0.720. The Kier molecular flexibility index (Phi) is 6.05. The van der Waals surface area contributed by atoms with Crippen LogP contribution in [0.3, 0.4) is 0 Å². The number of thiophene rings is 1. The van der Waals surface area contributed by atoms with Crippen molar-refractivity contribution < 1.29 is 0 Å². The van der Waals surface area contributed by atoms with Crippen molar-refractivity contribution in [1.29, 1.82) is 0 Å². The first-order valence-electron chi connectivity index (χ1n) is 16.2. The molecule has 48 heavy (non-hydrogen) atoms. The molecule has 0 saturated heterocycles. The van der Waals surface area contributed by atoms with Crippen LogP contribution in [0.1, 0.15) is 0 Å². The first kappa shape index (κ1) is 27.1. The van der Waals surface area contributed by atoms with Gasteiger partial charge in [-0.05, 0) is 53.2 Å². The minimum Gasteiger partial charge on any atom is -0.309 e. The second-order valence-corrected chi connectivity index (χ2v) is 13.3. The van der Waals surface area contributed by atoms with Gasteiger partial charge in [-0.2, -0.15) is 0 Å². The topological polar surface area (TPSA) is 30.7 Å². The quantitative estimate of drug-likeness (QED) is 0.194. The van der Waals surface area contributed by atoms with Gasteiger partial charge in [-0.15, -0.1) is 11.3 Å². The molecule has 0 aliphatic carbocycles. The average Bonchev–Trinajstić information content (AvgIpc) is 3.71. The van der Waals surface area contributed by atoms with Gasteiger partial charge in [0.2, 0.25) is 0 Å². The zero-order chi connectivity index (χ0) is 31.6. The summed E-state index contributed by atoms with van der Waals surface area (Å²) >= 11 is 1.87. The number of fused-ring (bicyclic) bond motifs is 9. The van der Waals surface area contributed by atoms with Gasteiger partial charge in [0.15, 0.2) is 5.82 Å². The molecule has 224 valence electrons. The van der Waals surface area contributed by atoms with Crippen LogP contribution in [0.2, 0.25) is 0 Å². The zero-order valence-electron chi connectivity index (χ0n) is 25.8. The van der Waals surface area contributed by atoms with E-state index in [4.69, 9.17) is 9.97 Å². The molecule has 0 bridgehead atoms. The first-order valence-corrected chi connectivity index (χ1v) is 17.0. The van der Waals surface area contributed by atoms with Crippen molar-refractivity contribution in [1.82, 2.24) is 14.5 Å². The Labute approximate surface area is 281 Å². The molecule has 0 unspecified atom stereocenters. The Hall–Kier alpha value is -6.10. The molecule has 3 aromatic heterocycles. The van der Waals surface area contributed by atoms with Crippen molar-refractivity contribution in [3.63, 3.8) is 0 Å². The summed E-state index contributed by atoms with van der Waals surface area (Å²) in [4.78, 5) is 10.0. The van der Waals surface area contributed by atoms with Gasteiger partial charge in [-0.25, -0.2) is 9.97 Å². The number of hydrogen-bond donors (Lipinski definition) is 0. The lowest BCUT2D eigenvalue weighted by atomic mass is 10.0. The third-order valence-corrected chi connectivity index (χ3v) is 10.5. The second-order valence-electron chi connectivity index (χ2n) is 12.2. The summed E-state index contributed by atoms with van der Waals surface area (Å²) in [5, 5.41) is 7.81. The fourth-order valence-corrected chi connectivity index (χ4v) is 8.33. The van der Waals surface area contributed by atoms with Crippen molar-refractivity contribution in [3.8, 4) is 39.6 Å². The summed E-state index contributed by atoms with van der Waals surface area (Å²) in [7, 11) is 0. The van der Waals surface area contributed by atoms with Gasteiger partial charge < -0.3 is 4.57 Å². The highest BCUT2D eigenvalue weighted by atomic mass is 32.1. The summed E-state index contributed by atoms with van der Waals surface area (Å²) in [5.74, 6) is 0.720. The van der Waals surface area contributed by atoms with Crippen molar-refractivity contribution in [3.05, 3.63) is 164 Å². The molecule has 3 heterocycles. The minimum atomic E-state index is 0.720. The molecule has 0 amide bonds. The number of hydrogen-bond acceptors (Lipinski definition) is 3. The predicted molar refractivity (Wildman–Crippen MR) is 203 cm³/mol. The molecule has 4 heteroatoms. The maximum absolute atomic E-state index is 5.07. The second kappa shape index (κ2) is 10.7. The fourth-order valence-electron chi connectivity index (χ4n) is 7.21. The van der Waals surface area contributed by atoms with E-state index in [0.717, 1.165) is 39.6 Å². The van der Waals surface area contributed by atoms with E-state index in [2.05, 4.69) is 144 Å². The van der Waals surface area contributed by atoms with Gasteiger partial charge in [0, 0.05) is 53.3 Å². The highest BCUT2D eigenvalue weighted by Gasteiger charge is 2.20. The molecule has 0 aliphatic heterocycles. The van der Waals surface area contributed by atoms with Crippen LogP contribution in [0.15, 0.2) is 164 Å². The van der Waals surface area contributed by atoms with Crippen LogP contribution in [-0.2, 0) is 0 Å². The highest BCUT2D eigenvalue weighted by molar-refractivity contribution is 7.26. The third-order valence-electron chi connectivity index (χ3n) is 9.41. The normalized spacial score (nSPS) is 11.8. The van der Waals surface area contributed by atoms with Gasteiger partial charge in [0.25, 0.3) is 0 Å². The van der Waals surface area contributed by atoms with Crippen LogP contribution in [0, 0.1) is 0 Å². The lowest BCUT2D eigenvalue weighted by Crippen LogP contribution is -1.97. The van der Waals surface area contributed by atoms with Crippen molar-refractivity contribution in [2.45, 2.75) is 0 Å². The van der Waals surface area contributed by atoms with E-state index >= 15 is 0 Å². The molecular weight excluding hydrogens is 603 g/mol. The van der Waals surface area contributed by atoms with E-state index in [0.29, 0.717) is 0 Å². The number of nitrogens with zero attached hydrogens (tertiary/aromatic N) is 3. The summed E-state index contributed by atoms with van der Waals surface area (Å²) < 4.78 is 5.07. The Balaban J connectivity index is 1.20. The van der Waals surface area contributed by atoms with E-state index in [1.165, 1.54) is 52.8 Å². The molecule has 10 rings (SSSR count). The molecule has 10 aromatic rings. The maximum Gasteiger partial charge on any atom is 0.160 e. The van der Waals surface area contributed by atoms with E-state index < -0.39 is 0 Å². The lowest BCUT2D eigenvalue weighted by Gasteiger charge is -2.11. The smallest absolute Gasteiger partial charge is 0.160 e.